The Morgan fingerprint density at radius 3 is 2.32 bits per heavy atom. The van der Waals surface area contributed by atoms with E-state index in [1.54, 1.807) is 9.80 Å². The number of nitrogens with zero attached hydrogens (tertiary/aromatic N) is 3. The smallest absolute Gasteiger partial charge is 0.265 e. The highest BCUT2D eigenvalue weighted by Gasteiger charge is 2.31. The minimum Gasteiger partial charge on any atom is -0.482 e. The Hall–Kier alpha value is -3.68. The van der Waals surface area contributed by atoms with Crippen LogP contribution in [0.5, 0.6) is 5.75 Å². The summed E-state index contributed by atoms with van der Waals surface area (Å²) >= 11 is 0. The predicted molar refractivity (Wildman–Crippen MR) is 148 cm³/mol. The van der Waals surface area contributed by atoms with Gasteiger partial charge in [0.1, 0.15) is 12.3 Å². The van der Waals surface area contributed by atoms with E-state index in [1.807, 2.05) is 51.2 Å². The molecular formula is C31H35N3O4. The van der Waals surface area contributed by atoms with Crippen LogP contribution in [-0.4, -0.2) is 74.7 Å². The predicted octanol–water partition coefficient (Wildman–Crippen LogP) is 4.23. The average molecular weight is 514 g/mol. The molecule has 2 heterocycles. The normalized spacial score (nSPS) is 16.5. The number of hydrogen-bond acceptors (Lipinski definition) is 5. The van der Waals surface area contributed by atoms with Gasteiger partial charge in [0.25, 0.3) is 5.91 Å². The number of aryl methyl sites for hydroxylation is 2. The highest BCUT2D eigenvalue weighted by atomic mass is 16.5. The molecule has 7 nitrogen and oxygen atoms in total. The van der Waals surface area contributed by atoms with Gasteiger partial charge in [0.05, 0.1) is 24.9 Å². The first kappa shape index (κ1) is 25.9. The van der Waals surface area contributed by atoms with Crippen molar-refractivity contribution in [2.24, 2.45) is 0 Å². The van der Waals surface area contributed by atoms with Crippen LogP contribution >= 0.6 is 0 Å². The van der Waals surface area contributed by atoms with Crippen LogP contribution in [0.2, 0.25) is 0 Å². The van der Waals surface area contributed by atoms with E-state index in [-0.39, 0.29) is 31.0 Å². The zero-order chi connectivity index (χ0) is 26.6. The first-order valence-corrected chi connectivity index (χ1v) is 13.2. The summed E-state index contributed by atoms with van der Waals surface area (Å²) in [7, 11) is 1.84. The Morgan fingerprint density at radius 2 is 1.61 bits per heavy atom. The fourth-order valence-corrected chi connectivity index (χ4v) is 5.05. The van der Waals surface area contributed by atoms with Gasteiger partial charge in [-0.15, -0.1) is 0 Å². The van der Waals surface area contributed by atoms with Crippen molar-refractivity contribution in [2.45, 2.75) is 19.9 Å². The molecule has 0 N–H and O–H groups in total. The maximum Gasteiger partial charge on any atom is 0.265 e. The second-order valence-corrected chi connectivity index (χ2v) is 10.1. The molecule has 0 spiro atoms. The third kappa shape index (κ3) is 5.59. The summed E-state index contributed by atoms with van der Waals surface area (Å²) in [4.78, 5) is 32.2. The molecule has 198 valence electrons. The van der Waals surface area contributed by atoms with Crippen molar-refractivity contribution in [1.82, 2.24) is 9.80 Å². The van der Waals surface area contributed by atoms with Crippen molar-refractivity contribution in [3.63, 3.8) is 0 Å². The molecule has 38 heavy (non-hydrogen) atoms. The van der Waals surface area contributed by atoms with E-state index < -0.39 is 0 Å². The summed E-state index contributed by atoms with van der Waals surface area (Å²) in [6, 6.07) is 22.4. The number of carbonyl (C=O) groups excluding carboxylic acids is 2. The molecule has 0 radical (unpaired) electrons. The van der Waals surface area contributed by atoms with Crippen molar-refractivity contribution < 1.29 is 19.1 Å². The number of ether oxygens (including phenoxy) is 2. The first-order chi connectivity index (χ1) is 18.4. The average Bonchev–Trinajstić information content (AvgIpc) is 2.95. The molecule has 1 atom stereocenters. The second-order valence-electron chi connectivity index (χ2n) is 10.1. The lowest BCUT2D eigenvalue weighted by Gasteiger charge is -2.37. The number of amides is 2. The molecule has 1 unspecified atom stereocenters. The summed E-state index contributed by atoms with van der Waals surface area (Å²) < 4.78 is 11.2. The van der Waals surface area contributed by atoms with Crippen LogP contribution in [0.3, 0.4) is 0 Å². The lowest BCUT2D eigenvalue weighted by atomic mass is 9.99. The van der Waals surface area contributed by atoms with E-state index in [4.69, 9.17) is 9.47 Å². The summed E-state index contributed by atoms with van der Waals surface area (Å²) in [5.41, 5.74) is 6.15. The zero-order valence-corrected chi connectivity index (χ0v) is 22.4. The fraction of sp³-hybridized carbons (Fsp3) is 0.355. The minimum absolute atomic E-state index is 0.0318. The largest absolute Gasteiger partial charge is 0.482 e. The van der Waals surface area contributed by atoms with Gasteiger partial charge in [-0.1, -0.05) is 54.6 Å². The van der Waals surface area contributed by atoms with Crippen molar-refractivity contribution in [3.05, 3.63) is 83.4 Å². The Balaban J connectivity index is 1.39. The number of anilines is 1. The van der Waals surface area contributed by atoms with Crippen LogP contribution in [0.25, 0.3) is 11.1 Å². The minimum atomic E-state index is -0.209. The SMILES string of the molecule is Cc1cc2c(cc1C)N(CC(=O)N(C)C(CN1CCOCC1)c1ccc(-c3ccccc3)cc1)C(=O)CO2. The van der Waals surface area contributed by atoms with Crippen molar-refractivity contribution >= 4 is 17.5 Å². The van der Waals surface area contributed by atoms with Gasteiger partial charge in [-0.2, -0.15) is 0 Å². The molecule has 3 aromatic carbocycles. The molecule has 7 heteroatoms. The molecule has 2 aliphatic rings. The van der Waals surface area contributed by atoms with Gasteiger partial charge in [0.2, 0.25) is 5.91 Å². The summed E-state index contributed by atoms with van der Waals surface area (Å²) in [6.07, 6.45) is 0. The summed E-state index contributed by atoms with van der Waals surface area (Å²) in [6.45, 7) is 7.65. The standard InChI is InChI=1S/C31H35N3O4/c1-22-17-27-29(18-23(22)2)38-21-31(36)34(27)20-30(35)32(3)28(19-33-13-15-37-16-14-33)26-11-9-25(10-12-26)24-7-5-4-6-8-24/h4-12,17-18,28H,13-16,19-21H2,1-3H3. The van der Waals surface area contributed by atoms with Crippen LogP contribution in [0.1, 0.15) is 22.7 Å². The number of rotatable bonds is 7. The molecule has 0 aromatic heterocycles. The molecule has 2 aliphatic heterocycles. The lowest BCUT2D eigenvalue weighted by Crippen LogP contribution is -2.48. The molecular weight excluding hydrogens is 478 g/mol. The molecule has 2 amide bonds. The topological polar surface area (TPSA) is 62.3 Å². The van der Waals surface area contributed by atoms with Crippen molar-refractivity contribution in [2.75, 3.05) is 57.9 Å². The molecule has 1 fully saturated rings. The number of benzene rings is 3. The van der Waals surface area contributed by atoms with Crippen LogP contribution < -0.4 is 9.64 Å². The van der Waals surface area contributed by atoms with Crippen LogP contribution in [0, 0.1) is 13.8 Å². The lowest BCUT2D eigenvalue weighted by molar-refractivity contribution is -0.133. The highest BCUT2D eigenvalue weighted by Crippen LogP contribution is 2.35. The van der Waals surface area contributed by atoms with Gasteiger partial charge in [0, 0.05) is 26.7 Å². The molecule has 0 saturated carbocycles. The molecule has 0 aliphatic carbocycles. The maximum absolute atomic E-state index is 13.7. The Labute approximate surface area is 224 Å². The Kier molecular flexibility index (Phi) is 7.77. The Morgan fingerprint density at radius 1 is 0.947 bits per heavy atom. The van der Waals surface area contributed by atoms with E-state index in [0.717, 1.165) is 40.9 Å². The number of carbonyl (C=O) groups is 2. The van der Waals surface area contributed by atoms with Crippen LogP contribution in [-0.2, 0) is 14.3 Å². The van der Waals surface area contributed by atoms with Gasteiger partial charge < -0.3 is 14.4 Å². The van der Waals surface area contributed by atoms with Gasteiger partial charge in [0.15, 0.2) is 6.61 Å². The van der Waals surface area contributed by atoms with Crippen molar-refractivity contribution in [1.29, 1.82) is 0 Å². The number of morpholine rings is 1. The van der Waals surface area contributed by atoms with E-state index in [9.17, 15) is 9.59 Å². The first-order valence-electron chi connectivity index (χ1n) is 13.2. The van der Waals surface area contributed by atoms with Crippen LogP contribution in [0.15, 0.2) is 66.7 Å². The van der Waals surface area contributed by atoms with E-state index >= 15 is 0 Å². The second kappa shape index (κ2) is 11.4. The summed E-state index contributed by atoms with van der Waals surface area (Å²) in [5, 5.41) is 0. The molecule has 1 saturated heterocycles. The van der Waals surface area contributed by atoms with Crippen LogP contribution in [0.4, 0.5) is 5.69 Å². The van der Waals surface area contributed by atoms with E-state index in [1.165, 1.54) is 0 Å². The quantitative estimate of drug-likeness (QED) is 0.473. The van der Waals surface area contributed by atoms with Gasteiger partial charge in [-0.25, -0.2) is 0 Å². The van der Waals surface area contributed by atoms with Gasteiger partial charge in [-0.05, 0) is 53.8 Å². The highest BCUT2D eigenvalue weighted by molar-refractivity contribution is 6.02. The fourth-order valence-electron chi connectivity index (χ4n) is 5.05. The third-order valence-corrected chi connectivity index (χ3v) is 7.61. The van der Waals surface area contributed by atoms with Gasteiger partial charge in [-0.3, -0.25) is 19.4 Å². The summed E-state index contributed by atoms with van der Waals surface area (Å²) in [5.74, 6) is 0.318. The number of likely N-dealkylation sites (N-methyl/N-ethyl adjacent to an activating group) is 1. The zero-order valence-electron chi connectivity index (χ0n) is 22.4. The molecule has 0 bridgehead atoms. The maximum atomic E-state index is 13.7. The molecule has 5 rings (SSSR count). The van der Waals surface area contributed by atoms with E-state index in [2.05, 4.69) is 41.3 Å². The third-order valence-electron chi connectivity index (χ3n) is 7.61. The number of fused-ring (bicyclic) bond motifs is 1. The Bertz CT molecular complexity index is 1290. The van der Waals surface area contributed by atoms with Crippen molar-refractivity contribution in [3.8, 4) is 16.9 Å². The number of hydrogen-bond donors (Lipinski definition) is 0. The molecule has 3 aromatic rings. The van der Waals surface area contributed by atoms with E-state index in [0.29, 0.717) is 31.2 Å². The monoisotopic (exact) mass is 513 g/mol. The van der Waals surface area contributed by atoms with Gasteiger partial charge >= 0.3 is 0 Å².